The van der Waals surface area contributed by atoms with Gasteiger partial charge in [-0.2, -0.15) is 19.9 Å². The molecule has 3 heterocycles. The lowest BCUT2D eigenvalue weighted by Crippen LogP contribution is -2.24. The molecule has 4 aromatic rings. The Bertz CT molecular complexity index is 1190. The van der Waals surface area contributed by atoms with Crippen LogP contribution in [0.2, 0.25) is 0 Å². The number of hydrogen-bond donors (Lipinski definition) is 1. The van der Waals surface area contributed by atoms with Gasteiger partial charge in [0.2, 0.25) is 23.5 Å². The highest BCUT2D eigenvalue weighted by atomic mass is 16.5. The number of nitrogens with two attached hydrogens (primary N) is 1. The maximum Gasteiger partial charge on any atom is 0.324 e. The molecular weight excluding hydrogens is 408 g/mol. The molecule has 10 nitrogen and oxygen atoms in total. The van der Waals surface area contributed by atoms with E-state index < -0.39 is 0 Å². The van der Waals surface area contributed by atoms with E-state index in [-0.39, 0.29) is 23.7 Å². The van der Waals surface area contributed by atoms with Gasteiger partial charge in [-0.05, 0) is 24.3 Å². The van der Waals surface area contributed by atoms with E-state index in [1.165, 1.54) is 0 Å². The van der Waals surface area contributed by atoms with E-state index in [1.807, 2.05) is 77.5 Å². The molecule has 1 aliphatic heterocycles. The Morgan fingerprint density at radius 1 is 0.969 bits per heavy atom. The molecule has 2 N–H and O–H groups in total. The predicted octanol–water partition coefficient (Wildman–Crippen LogP) is 2.93. The van der Waals surface area contributed by atoms with Gasteiger partial charge in [0.15, 0.2) is 0 Å². The topological polar surface area (TPSA) is 119 Å². The van der Waals surface area contributed by atoms with Crippen LogP contribution in [0.25, 0.3) is 11.6 Å². The van der Waals surface area contributed by atoms with Crippen molar-refractivity contribution >= 4 is 23.6 Å². The van der Waals surface area contributed by atoms with Gasteiger partial charge in [-0.25, -0.2) is 0 Å². The largest absolute Gasteiger partial charge is 0.489 e. The van der Waals surface area contributed by atoms with Crippen LogP contribution in [-0.2, 0) is 0 Å². The molecule has 1 saturated heterocycles. The van der Waals surface area contributed by atoms with Gasteiger partial charge in [-0.15, -0.1) is 0 Å². The van der Waals surface area contributed by atoms with Crippen LogP contribution in [0.4, 0.5) is 23.6 Å². The first-order valence-corrected chi connectivity index (χ1v) is 10.3. The molecule has 1 fully saturated rings. The maximum absolute atomic E-state index is 6.03. The molecule has 32 heavy (non-hydrogen) atoms. The first-order chi connectivity index (χ1) is 15.7. The highest BCUT2D eigenvalue weighted by Gasteiger charge is 2.28. The van der Waals surface area contributed by atoms with E-state index in [4.69, 9.17) is 15.0 Å². The van der Waals surface area contributed by atoms with Crippen molar-refractivity contribution in [2.45, 2.75) is 12.5 Å². The average molecular weight is 430 g/mol. The number of benzene rings is 2. The maximum atomic E-state index is 6.03. The number of rotatable bonds is 6. The monoisotopic (exact) mass is 430 g/mol. The van der Waals surface area contributed by atoms with Crippen molar-refractivity contribution in [3.63, 3.8) is 0 Å². The summed E-state index contributed by atoms with van der Waals surface area (Å²) in [5, 5.41) is 4.06. The van der Waals surface area contributed by atoms with Crippen LogP contribution in [0.1, 0.15) is 6.42 Å². The summed E-state index contributed by atoms with van der Waals surface area (Å²) in [6.45, 7) is 1.40. The Morgan fingerprint density at radius 2 is 1.72 bits per heavy atom. The summed E-state index contributed by atoms with van der Waals surface area (Å²) in [4.78, 5) is 21.2. The minimum atomic E-state index is 0.0479. The SMILES string of the molecule is CN(c1ccccc1)c1nc(N)nc(-c2noc(N3CC[C@@H](Oc4ccccc4)C3)n2)n1. The van der Waals surface area contributed by atoms with Gasteiger partial charge in [0, 0.05) is 25.7 Å². The smallest absolute Gasteiger partial charge is 0.324 e. The van der Waals surface area contributed by atoms with Gasteiger partial charge in [0.1, 0.15) is 11.9 Å². The minimum absolute atomic E-state index is 0.0479. The second-order valence-electron chi connectivity index (χ2n) is 7.40. The third-order valence-electron chi connectivity index (χ3n) is 5.16. The quantitative estimate of drug-likeness (QED) is 0.489. The third kappa shape index (κ3) is 4.15. The zero-order valence-electron chi connectivity index (χ0n) is 17.5. The molecule has 5 rings (SSSR count). The normalized spacial score (nSPS) is 15.7. The van der Waals surface area contributed by atoms with Crippen molar-refractivity contribution in [3.05, 3.63) is 60.7 Å². The lowest BCUT2D eigenvalue weighted by Gasteiger charge is -2.17. The fraction of sp³-hybridized carbons (Fsp3) is 0.227. The van der Waals surface area contributed by atoms with Gasteiger partial charge in [-0.3, -0.25) is 0 Å². The lowest BCUT2D eigenvalue weighted by molar-refractivity contribution is 0.224. The molecule has 0 radical (unpaired) electrons. The van der Waals surface area contributed by atoms with Gasteiger partial charge < -0.3 is 24.8 Å². The average Bonchev–Trinajstić information content (AvgIpc) is 3.49. The summed E-state index contributed by atoms with van der Waals surface area (Å²) in [5.41, 5.74) is 6.85. The summed E-state index contributed by atoms with van der Waals surface area (Å²) in [6.07, 6.45) is 0.906. The highest BCUT2D eigenvalue weighted by Crippen LogP contribution is 2.26. The molecule has 0 unspecified atom stereocenters. The Kier molecular flexibility index (Phi) is 5.24. The number of ether oxygens (including phenoxy) is 1. The number of para-hydroxylation sites is 2. The molecule has 0 aliphatic carbocycles. The van der Waals surface area contributed by atoms with Crippen molar-refractivity contribution in [2.24, 2.45) is 0 Å². The molecule has 0 spiro atoms. The second kappa shape index (κ2) is 8.50. The summed E-state index contributed by atoms with van der Waals surface area (Å²) in [6, 6.07) is 19.9. The van der Waals surface area contributed by atoms with Gasteiger partial charge in [-0.1, -0.05) is 41.6 Å². The molecule has 2 aromatic carbocycles. The van der Waals surface area contributed by atoms with E-state index in [9.17, 15) is 0 Å². The van der Waals surface area contributed by atoms with Crippen molar-refractivity contribution in [2.75, 3.05) is 35.7 Å². The first-order valence-electron chi connectivity index (χ1n) is 10.3. The van der Waals surface area contributed by atoms with Crippen molar-refractivity contribution in [1.82, 2.24) is 25.1 Å². The summed E-state index contributed by atoms with van der Waals surface area (Å²) < 4.78 is 11.5. The van der Waals surface area contributed by atoms with E-state index in [2.05, 4.69) is 25.1 Å². The van der Waals surface area contributed by atoms with Crippen LogP contribution in [0.15, 0.2) is 65.2 Å². The minimum Gasteiger partial charge on any atom is -0.489 e. The first kappa shape index (κ1) is 19.7. The molecule has 2 aromatic heterocycles. The molecule has 0 amide bonds. The summed E-state index contributed by atoms with van der Waals surface area (Å²) >= 11 is 0. The molecule has 1 aliphatic rings. The molecule has 0 bridgehead atoms. The molecular formula is C22H22N8O2. The second-order valence-corrected chi connectivity index (χ2v) is 7.40. The Labute approximate surface area is 184 Å². The van der Waals surface area contributed by atoms with E-state index >= 15 is 0 Å². The highest BCUT2D eigenvalue weighted by molar-refractivity contribution is 5.59. The number of nitrogen functional groups attached to an aromatic ring is 1. The van der Waals surface area contributed by atoms with E-state index in [0.29, 0.717) is 18.5 Å². The number of anilines is 4. The van der Waals surface area contributed by atoms with Gasteiger partial charge in [0.25, 0.3) is 0 Å². The van der Waals surface area contributed by atoms with Gasteiger partial charge >= 0.3 is 6.01 Å². The van der Waals surface area contributed by atoms with Crippen LogP contribution in [-0.4, -0.2) is 51.3 Å². The number of hydrogen-bond acceptors (Lipinski definition) is 10. The summed E-state index contributed by atoms with van der Waals surface area (Å²) in [5.74, 6) is 1.83. The summed E-state index contributed by atoms with van der Waals surface area (Å²) in [7, 11) is 1.85. The van der Waals surface area contributed by atoms with Crippen molar-refractivity contribution < 1.29 is 9.26 Å². The number of aromatic nitrogens is 5. The van der Waals surface area contributed by atoms with Crippen LogP contribution in [0, 0.1) is 0 Å². The fourth-order valence-corrected chi connectivity index (χ4v) is 3.52. The van der Waals surface area contributed by atoms with Crippen LogP contribution >= 0.6 is 0 Å². The van der Waals surface area contributed by atoms with Crippen LogP contribution < -0.4 is 20.3 Å². The Balaban J connectivity index is 1.32. The molecule has 162 valence electrons. The van der Waals surface area contributed by atoms with Crippen molar-refractivity contribution in [1.29, 1.82) is 0 Å². The predicted molar refractivity (Wildman–Crippen MR) is 120 cm³/mol. The van der Waals surface area contributed by atoms with Crippen LogP contribution in [0.3, 0.4) is 0 Å². The molecule has 10 heteroatoms. The molecule has 1 atom stereocenters. The van der Waals surface area contributed by atoms with Crippen molar-refractivity contribution in [3.8, 4) is 17.4 Å². The molecule has 0 saturated carbocycles. The standard InChI is InChI=1S/C22H22N8O2/c1-29(15-8-4-2-5-9-15)21-25-18(24-20(23)27-21)19-26-22(32-28-19)30-13-12-17(14-30)31-16-10-6-3-7-11-16/h2-11,17H,12-14H2,1H3,(H2,23,24,25,27)/t17-/m1/s1. The Morgan fingerprint density at radius 3 is 2.50 bits per heavy atom. The third-order valence-corrected chi connectivity index (χ3v) is 5.16. The zero-order valence-corrected chi connectivity index (χ0v) is 17.5. The fourth-order valence-electron chi connectivity index (χ4n) is 3.52. The van der Waals surface area contributed by atoms with Gasteiger partial charge in [0.05, 0.1) is 6.54 Å². The van der Waals surface area contributed by atoms with E-state index in [1.54, 1.807) is 0 Å². The van der Waals surface area contributed by atoms with Crippen LogP contribution in [0.5, 0.6) is 5.75 Å². The zero-order chi connectivity index (χ0) is 21.9. The Hall–Kier alpha value is -4.21. The number of nitrogens with zero attached hydrogens (tertiary/aromatic N) is 7. The van der Waals surface area contributed by atoms with E-state index in [0.717, 1.165) is 24.4 Å². The lowest BCUT2D eigenvalue weighted by atomic mass is 10.3.